The van der Waals surface area contributed by atoms with E-state index in [0.29, 0.717) is 5.95 Å². The zero-order chi connectivity index (χ0) is 17.6. The molecule has 0 amide bonds. The van der Waals surface area contributed by atoms with E-state index in [2.05, 4.69) is 63.4 Å². The summed E-state index contributed by atoms with van der Waals surface area (Å²) in [6.07, 6.45) is 1.71. The van der Waals surface area contributed by atoms with Crippen molar-refractivity contribution < 1.29 is 73.8 Å². The summed E-state index contributed by atoms with van der Waals surface area (Å²) >= 11 is 0. The first kappa shape index (κ1) is 33.4. The number of anilines is 1. The molecule has 160 valence electrons. The Kier molecular flexibility index (Phi) is 18.3. The Labute approximate surface area is 215 Å². The predicted octanol–water partition coefficient (Wildman–Crippen LogP) is -8.30. The van der Waals surface area contributed by atoms with Crippen LogP contribution in [0.3, 0.4) is 0 Å². The van der Waals surface area contributed by atoms with Gasteiger partial charge in [0.1, 0.15) is 7.05 Å². The van der Waals surface area contributed by atoms with E-state index in [1.165, 1.54) is 11.3 Å². The number of aryl methyl sites for hydroxylation is 1. The van der Waals surface area contributed by atoms with Crippen molar-refractivity contribution in [3.05, 3.63) is 66.5 Å². The van der Waals surface area contributed by atoms with Crippen LogP contribution >= 0.6 is 0 Å². The summed E-state index contributed by atoms with van der Waals surface area (Å²) in [5.74, 6) is 0.575. The summed E-state index contributed by atoms with van der Waals surface area (Å²) in [7, 11) is 3.81. The van der Waals surface area contributed by atoms with E-state index in [0.717, 1.165) is 18.8 Å². The summed E-state index contributed by atoms with van der Waals surface area (Å²) in [6.45, 7) is 4.00. The fourth-order valence-electron chi connectivity index (χ4n) is 2.55. The minimum atomic E-state index is 0. The molecule has 0 unspecified atom stereocenters. The largest absolute Gasteiger partial charge is 2.00 e. The third-order valence-corrected chi connectivity index (χ3v) is 4.17. The average Bonchev–Trinajstić information content (AvgIpc) is 2.98. The minimum Gasteiger partial charge on any atom is -1.00 e. The van der Waals surface area contributed by atoms with E-state index >= 15 is 0 Å². The van der Waals surface area contributed by atoms with Crippen LogP contribution in [0, 0.1) is 0 Å². The van der Waals surface area contributed by atoms with Crippen LogP contribution < -0.4 is 59.2 Å². The van der Waals surface area contributed by atoms with Crippen molar-refractivity contribution in [2.45, 2.75) is 13.5 Å². The van der Waals surface area contributed by atoms with Crippen molar-refractivity contribution in [2.24, 2.45) is 24.3 Å². The third-order valence-electron chi connectivity index (χ3n) is 4.17. The van der Waals surface area contributed by atoms with Crippen molar-refractivity contribution in [3.63, 3.8) is 0 Å². The second kappa shape index (κ2) is 16.5. The molecule has 11 heteroatoms. The maximum Gasteiger partial charge on any atom is 2.00 e. The van der Waals surface area contributed by atoms with Gasteiger partial charge in [0, 0.05) is 18.8 Å². The summed E-state index contributed by atoms with van der Waals surface area (Å²) in [6, 6.07) is 18.6. The normalized spacial score (nSPS) is 9.30. The van der Waals surface area contributed by atoms with Gasteiger partial charge in [-0.05, 0) is 41.7 Å². The Morgan fingerprint density at radius 1 is 0.933 bits per heavy atom. The average molecular weight is 543 g/mol. The second-order valence-corrected chi connectivity index (χ2v) is 5.86. The van der Waals surface area contributed by atoms with Gasteiger partial charge in [-0.15, -0.1) is 5.11 Å². The number of benzene rings is 2. The van der Waals surface area contributed by atoms with E-state index in [1.54, 1.807) is 6.33 Å². The summed E-state index contributed by atoms with van der Waals surface area (Å²) < 4.78 is 3.68. The van der Waals surface area contributed by atoms with Gasteiger partial charge in [0.15, 0.2) is 0 Å². The number of aromatic nitrogens is 3. The van der Waals surface area contributed by atoms with Crippen molar-refractivity contribution in [3.8, 4) is 0 Å². The minimum absolute atomic E-state index is 0. The zero-order valence-corrected chi connectivity index (χ0v) is 23.1. The molecule has 0 fully saturated rings. The fourth-order valence-corrected chi connectivity index (χ4v) is 2.55. The maximum atomic E-state index is 4.27. The third kappa shape index (κ3) is 8.87. The van der Waals surface area contributed by atoms with Gasteiger partial charge in [-0.25, -0.2) is 0 Å². The Hall–Kier alpha value is -1.24. The Morgan fingerprint density at radius 2 is 1.53 bits per heavy atom. The van der Waals surface area contributed by atoms with Crippen molar-refractivity contribution >= 4 is 17.3 Å². The molecule has 0 atom stereocenters. The summed E-state index contributed by atoms with van der Waals surface area (Å²) in [5, 5.41) is 8.47. The van der Waals surface area contributed by atoms with Crippen LogP contribution in [0.4, 0.5) is 17.3 Å². The zero-order valence-electron chi connectivity index (χ0n) is 17.1. The van der Waals surface area contributed by atoms with Gasteiger partial charge in [-0.3, -0.25) is 0 Å². The molecule has 3 aromatic rings. The van der Waals surface area contributed by atoms with E-state index < -0.39 is 0 Å². The molecule has 30 heavy (non-hydrogen) atoms. The van der Waals surface area contributed by atoms with Gasteiger partial charge in [-0.1, -0.05) is 35.4 Å². The van der Waals surface area contributed by atoms with Crippen LogP contribution in [0.5, 0.6) is 0 Å². The van der Waals surface area contributed by atoms with Crippen molar-refractivity contribution in [2.75, 3.05) is 11.4 Å². The molecule has 0 aliphatic heterocycles. The molecule has 0 spiro atoms. The number of hydrogen-bond acceptors (Lipinski definition) is 4. The molecule has 1 aromatic heterocycles. The van der Waals surface area contributed by atoms with Gasteiger partial charge in [0.2, 0.25) is 0 Å². The molecular formula is C19H23Cl4N6Zn-. The first-order valence-corrected chi connectivity index (χ1v) is 8.35. The number of rotatable bonds is 6. The van der Waals surface area contributed by atoms with Crippen LogP contribution in [-0.2, 0) is 40.1 Å². The molecule has 0 aliphatic carbocycles. The molecule has 6 nitrogen and oxygen atoms in total. The molecule has 3 rings (SSSR count). The van der Waals surface area contributed by atoms with E-state index in [-0.39, 0.29) is 69.1 Å². The first-order chi connectivity index (χ1) is 12.2. The molecule has 1 heterocycles. The quantitative estimate of drug-likeness (QED) is 0.177. The van der Waals surface area contributed by atoms with Crippen LogP contribution in [0.15, 0.2) is 71.2 Å². The monoisotopic (exact) mass is 539 g/mol. The SMILES string of the molecule is CCN(Cc1ccccc1)c1ccc(N=Nc2nc[n+](C)n2C)cc1.[Cl-].[Cl-].[Cl-].[Cl-].[Zn+2]. The van der Waals surface area contributed by atoms with Gasteiger partial charge in [-0.2, -0.15) is 9.36 Å². The van der Waals surface area contributed by atoms with Crippen LogP contribution in [0.1, 0.15) is 12.5 Å². The van der Waals surface area contributed by atoms with Gasteiger partial charge >= 0.3 is 31.8 Å². The maximum absolute atomic E-state index is 4.27. The van der Waals surface area contributed by atoms with Gasteiger partial charge < -0.3 is 54.5 Å². The number of halogens is 4. The Balaban J connectivity index is -0.00000146. The Bertz CT molecular complexity index is 859. The number of azo groups is 1. The predicted molar refractivity (Wildman–Crippen MR) is 98.2 cm³/mol. The topological polar surface area (TPSA) is 49.7 Å². The van der Waals surface area contributed by atoms with Crippen LogP contribution in [-0.4, -0.2) is 16.2 Å². The van der Waals surface area contributed by atoms with Crippen LogP contribution in [0.25, 0.3) is 0 Å². The standard InChI is InChI=1S/C19H23N6.4ClH.Zn/c1-4-25(14-16-8-6-5-7-9-16)18-12-10-17(11-13-18)21-22-19-20-15-23(2)24(19)3;;;;;/h5-13,15H,4,14H2,1-3H3;4*1H;/q+1;;;;;+2/p-4. The fraction of sp³-hybridized carbons (Fsp3) is 0.263. The second-order valence-electron chi connectivity index (χ2n) is 5.86. The van der Waals surface area contributed by atoms with E-state index in [1.807, 2.05) is 41.7 Å². The molecule has 0 saturated heterocycles. The van der Waals surface area contributed by atoms with E-state index in [4.69, 9.17) is 0 Å². The molecule has 0 bridgehead atoms. The van der Waals surface area contributed by atoms with Crippen LogP contribution in [0.2, 0.25) is 0 Å². The van der Waals surface area contributed by atoms with Gasteiger partial charge in [0.05, 0.1) is 12.7 Å². The number of hydrogen-bond donors (Lipinski definition) is 0. The van der Waals surface area contributed by atoms with E-state index in [9.17, 15) is 0 Å². The summed E-state index contributed by atoms with van der Waals surface area (Å²) in [4.78, 5) is 6.52. The molecular weight excluding hydrogens is 519 g/mol. The smallest absolute Gasteiger partial charge is 1.00 e. The van der Waals surface area contributed by atoms with Gasteiger partial charge in [0.25, 0.3) is 0 Å². The molecule has 0 saturated carbocycles. The van der Waals surface area contributed by atoms with Crippen molar-refractivity contribution in [1.29, 1.82) is 0 Å². The molecule has 0 radical (unpaired) electrons. The first-order valence-electron chi connectivity index (χ1n) is 8.35. The molecule has 0 N–H and O–H groups in total. The molecule has 0 aliphatic rings. The van der Waals surface area contributed by atoms with Crippen molar-refractivity contribution in [1.82, 2.24) is 9.67 Å². The molecule has 2 aromatic carbocycles. The number of nitrogens with zero attached hydrogens (tertiary/aromatic N) is 6. The summed E-state index contributed by atoms with van der Waals surface area (Å²) in [5.41, 5.74) is 3.29. The Morgan fingerprint density at radius 3 is 2.03 bits per heavy atom.